The molecule has 0 bridgehead atoms. The second kappa shape index (κ2) is 6.45. The van der Waals surface area contributed by atoms with Crippen LogP contribution in [0.4, 0.5) is 0 Å². The Bertz CT molecular complexity index is 562. The number of nitrogens with zero attached hydrogens (tertiary/aromatic N) is 1. The molecule has 0 aliphatic carbocycles. The van der Waals surface area contributed by atoms with E-state index in [1.165, 1.54) is 7.11 Å². The minimum atomic E-state index is -1.22. The van der Waals surface area contributed by atoms with E-state index in [1.54, 1.807) is 24.3 Å². The van der Waals surface area contributed by atoms with Gasteiger partial charge in [0.25, 0.3) is 0 Å². The molecule has 1 aromatic carbocycles. The maximum atomic E-state index is 12.3. The van der Waals surface area contributed by atoms with E-state index >= 15 is 0 Å². The van der Waals surface area contributed by atoms with Gasteiger partial charge in [0.1, 0.15) is 18.0 Å². The third-order valence-electron chi connectivity index (χ3n) is 4.59. The van der Waals surface area contributed by atoms with Gasteiger partial charge in [-0.2, -0.15) is 0 Å². The van der Waals surface area contributed by atoms with Crippen molar-refractivity contribution in [3.63, 3.8) is 0 Å². The molecule has 5 atom stereocenters. The fourth-order valence-corrected chi connectivity index (χ4v) is 3.33. The van der Waals surface area contributed by atoms with E-state index in [1.807, 2.05) is 4.90 Å². The Labute approximate surface area is 134 Å². The largest absolute Gasteiger partial charge is 0.497 e. The number of methoxy groups -OCH3 is 1. The molecule has 7 heteroatoms. The molecule has 0 saturated carbocycles. The second-order valence-corrected chi connectivity index (χ2v) is 6.00. The Morgan fingerprint density at radius 2 is 1.87 bits per heavy atom. The molecular formula is C16H21NO6. The topological polar surface area (TPSA) is 99.5 Å². The summed E-state index contributed by atoms with van der Waals surface area (Å²) in [7, 11) is 1.53. The van der Waals surface area contributed by atoms with Crippen molar-refractivity contribution in [2.75, 3.05) is 20.2 Å². The van der Waals surface area contributed by atoms with Crippen LogP contribution in [-0.4, -0.2) is 76.8 Å². The SMILES string of the molecule is COc1ccc(C(=O)O[C@H]2[C@H](O)[C@@H](O)CN3CC[C@H](O)[C@H]23)cc1. The van der Waals surface area contributed by atoms with Crippen LogP contribution < -0.4 is 4.74 Å². The minimum absolute atomic E-state index is 0.263. The van der Waals surface area contributed by atoms with Gasteiger partial charge < -0.3 is 24.8 Å². The van der Waals surface area contributed by atoms with Crippen molar-refractivity contribution in [2.24, 2.45) is 0 Å². The number of aliphatic hydroxyl groups excluding tert-OH is 3. The highest BCUT2D eigenvalue weighted by atomic mass is 16.6. The van der Waals surface area contributed by atoms with Crippen LogP contribution in [0.3, 0.4) is 0 Å². The molecule has 7 nitrogen and oxygen atoms in total. The molecule has 3 rings (SSSR count). The number of fused-ring (bicyclic) bond motifs is 1. The number of carbonyl (C=O) groups excluding carboxylic acids is 1. The van der Waals surface area contributed by atoms with Crippen molar-refractivity contribution >= 4 is 5.97 Å². The zero-order valence-corrected chi connectivity index (χ0v) is 12.8. The van der Waals surface area contributed by atoms with E-state index in [9.17, 15) is 20.1 Å². The van der Waals surface area contributed by atoms with Crippen LogP contribution >= 0.6 is 0 Å². The van der Waals surface area contributed by atoms with E-state index in [-0.39, 0.29) is 6.54 Å². The fraction of sp³-hybridized carbons (Fsp3) is 0.562. The monoisotopic (exact) mass is 323 g/mol. The zero-order chi connectivity index (χ0) is 16.6. The van der Waals surface area contributed by atoms with Gasteiger partial charge in [0, 0.05) is 13.1 Å². The van der Waals surface area contributed by atoms with Crippen LogP contribution in [0.1, 0.15) is 16.8 Å². The predicted octanol–water partition coefficient (Wildman–Crippen LogP) is -0.609. The standard InChI is InChI=1S/C16H21NO6/c1-22-10-4-2-9(3-5-10)16(21)23-15-13-11(18)6-7-17(13)8-12(19)14(15)20/h2-5,11-15,18-20H,6-8H2,1H3/t11-,12-,13+,14+,15+/m0/s1. The highest BCUT2D eigenvalue weighted by Gasteiger charge is 2.50. The van der Waals surface area contributed by atoms with Crippen LogP contribution in [0.2, 0.25) is 0 Å². The lowest BCUT2D eigenvalue weighted by molar-refractivity contribution is -0.144. The Morgan fingerprint density at radius 3 is 2.52 bits per heavy atom. The van der Waals surface area contributed by atoms with Gasteiger partial charge in [-0.1, -0.05) is 0 Å². The van der Waals surface area contributed by atoms with E-state index in [0.29, 0.717) is 24.3 Å². The average Bonchev–Trinajstić information content (AvgIpc) is 2.92. The molecule has 0 spiro atoms. The van der Waals surface area contributed by atoms with Gasteiger partial charge in [-0.25, -0.2) is 4.79 Å². The van der Waals surface area contributed by atoms with Gasteiger partial charge in [-0.05, 0) is 30.7 Å². The van der Waals surface area contributed by atoms with Crippen molar-refractivity contribution in [1.82, 2.24) is 4.90 Å². The van der Waals surface area contributed by atoms with Crippen molar-refractivity contribution in [2.45, 2.75) is 36.9 Å². The lowest BCUT2D eigenvalue weighted by atomic mass is 9.92. The number of carbonyl (C=O) groups is 1. The van der Waals surface area contributed by atoms with Crippen molar-refractivity contribution in [3.05, 3.63) is 29.8 Å². The second-order valence-electron chi connectivity index (χ2n) is 6.00. The maximum Gasteiger partial charge on any atom is 0.338 e. The van der Waals surface area contributed by atoms with Crippen molar-refractivity contribution in [3.8, 4) is 5.75 Å². The Balaban J connectivity index is 1.76. The molecule has 126 valence electrons. The summed E-state index contributed by atoms with van der Waals surface area (Å²) in [5.41, 5.74) is 0.317. The lowest BCUT2D eigenvalue weighted by Crippen LogP contribution is -2.62. The first-order valence-electron chi connectivity index (χ1n) is 7.64. The number of hydrogen-bond donors (Lipinski definition) is 3. The number of piperidine rings is 1. The number of benzene rings is 1. The van der Waals surface area contributed by atoms with E-state index in [0.717, 1.165) is 0 Å². The van der Waals surface area contributed by atoms with Gasteiger partial charge in [-0.3, -0.25) is 4.90 Å². The molecule has 2 fully saturated rings. The summed E-state index contributed by atoms with van der Waals surface area (Å²) in [6.07, 6.45) is -3.35. The zero-order valence-electron chi connectivity index (χ0n) is 12.8. The molecular weight excluding hydrogens is 302 g/mol. The Hall–Kier alpha value is -1.67. The van der Waals surface area contributed by atoms with E-state index in [2.05, 4.69) is 0 Å². The van der Waals surface area contributed by atoms with Crippen molar-refractivity contribution < 1.29 is 29.6 Å². The molecule has 3 N–H and O–H groups in total. The van der Waals surface area contributed by atoms with Crippen LogP contribution in [0, 0.1) is 0 Å². The lowest BCUT2D eigenvalue weighted by Gasteiger charge is -2.42. The molecule has 0 unspecified atom stereocenters. The number of hydrogen-bond acceptors (Lipinski definition) is 7. The smallest absolute Gasteiger partial charge is 0.338 e. The van der Waals surface area contributed by atoms with Gasteiger partial charge in [0.15, 0.2) is 0 Å². The normalized spacial score (nSPS) is 34.0. The molecule has 23 heavy (non-hydrogen) atoms. The molecule has 0 amide bonds. The average molecular weight is 323 g/mol. The molecule has 1 aromatic rings. The summed E-state index contributed by atoms with van der Waals surface area (Å²) in [4.78, 5) is 14.2. The summed E-state index contributed by atoms with van der Waals surface area (Å²) >= 11 is 0. The molecule has 0 aromatic heterocycles. The number of rotatable bonds is 3. The van der Waals surface area contributed by atoms with E-state index < -0.39 is 36.4 Å². The highest BCUT2D eigenvalue weighted by Crippen LogP contribution is 2.30. The number of esters is 1. The predicted molar refractivity (Wildman–Crippen MR) is 80.2 cm³/mol. The fourth-order valence-electron chi connectivity index (χ4n) is 3.33. The third kappa shape index (κ3) is 3.05. The van der Waals surface area contributed by atoms with Gasteiger partial charge >= 0.3 is 5.97 Å². The van der Waals surface area contributed by atoms with Gasteiger partial charge in [-0.15, -0.1) is 0 Å². The molecule has 2 aliphatic heterocycles. The summed E-state index contributed by atoms with van der Waals surface area (Å²) in [5.74, 6) is 0.0110. The first kappa shape index (κ1) is 16.2. The summed E-state index contributed by atoms with van der Waals surface area (Å²) in [5, 5.41) is 30.3. The van der Waals surface area contributed by atoms with Crippen LogP contribution in [0.5, 0.6) is 5.75 Å². The first-order chi connectivity index (χ1) is 11.0. The van der Waals surface area contributed by atoms with Crippen molar-refractivity contribution in [1.29, 1.82) is 0 Å². The quantitative estimate of drug-likeness (QED) is 0.638. The Kier molecular flexibility index (Phi) is 4.54. The molecule has 2 heterocycles. The number of aliphatic hydroxyl groups is 3. The van der Waals surface area contributed by atoms with Gasteiger partial charge in [0.05, 0.1) is 30.9 Å². The van der Waals surface area contributed by atoms with Gasteiger partial charge in [0.2, 0.25) is 0 Å². The third-order valence-corrected chi connectivity index (χ3v) is 4.59. The van der Waals surface area contributed by atoms with E-state index in [4.69, 9.17) is 9.47 Å². The minimum Gasteiger partial charge on any atom is -0.497 e. The summed E-state index contributed by atoms with van der Waals surface area (Å²) < 4.78 is 10.5. The first-order valence-corrected chi connectivity index (χ1v) is 7.64. The number of ether oxygens (including phenoxy) is 2. The highest BCUT2D eigenvalue weighted by molar-refractivity contribution is 5.89. The maximum absolute atomic E-state index is 12.3. The summed E-state index contributed by atoms with van der Waals surface area (Å²) in [6.45, 7) is 0.867. The molecule has 0 radical (unpaired) electrons. The van der Waals surface area contributed by atoms with Crippen LogP contribution in [0.25, 0.3) is 0 Å². The van der Waals surface area contributed by atoms with Crippen LogP contribution in [0.15, 0.2) is 24.3 Å². The summed E-state index contributed by atoms with van der Waals surface area (Å²) in [6, 6.07) is 5.92. The molecule has 2 aliphatic rings. The molecule has 2 saturated heterocycles. The van der Waals surface area contributed by atoms with Crippen LogP contribution in [-0.2, 0) is 4.74 Å². The Morgan fingerprint density at radius 1 is 1.17 bits per heavy atom.